The lowest BCUT2D eigenvalue weighted by atomic mass is 10.2. The molecule has 2 aliphatic heterocycles. The zero-order valence-corrected chi connectivity index (χ0v) is 22.2. The van der Waals surface area contributed by atoms with E-state index in [4.69, 9.17) is 4.74 Å². The van der Waals surface area contributed by atoms with Crippen molar-refractivity contribution in [3.05, 3.63) is 59.7 Å². The molecule has 0 saturated carbocycles. The molecule has 0 aliphatic carbocycles. The van der Waals surface area contributed by atoms with Crippen molar-refractivity contribution in [2.45, 2.75) is 42.2 Å². The predicted molar refractivity (Wildman–Crippen MR) is 133 cm³/mol. The first-order chi connectivity index (χ1) is 19.2. The molecule has 2 aromatic rings. The number of benzene rings is 2. The summed E-state index contributed by atoms with van der Waals surface area (Å²) in [7, 11) is -4.47. The van der Waals surface area contributed by atoms with Crippen molar-refractivity contribution in [2.75, 3.05) is 38.1 Å². The molecule has 41 heavy (non-hydrogen) atoms. The van der Waals surface area contributed by atoms with Gasteiger partial charge in [-0.1, -0.05) is 0 Å². The highest BCUT2D eigenvalue weighted by Gasteiger charge is 2.42. The van der Waals surface area contributed by atoms with Crippen molar-refractivity contribution < 1.29 is 49.1 Å². The van der Waals surface area contributed by atoms with Crippen LogP contribution in [0.2, 0.25) is 0 Å². The van der Waals surface area contributed by atoms with Crippen molar-refractivity contribution in [3.8, 4) is 0 Å². The highest BCUT2D eigenvalue weighted by Crippen LogP contribution is 2.32. The number of sulfonamides is 1. The number of urea groups is 1. The quantitative estimate of drug-likeness (QED) is 0.484. The van der Waals surface area contributed by atoms with Crippen LogP contribution < -0.4 is 10.6 Å². The van der Waals surface area contributed by atoms with Crippen LogP contribution in [-0.2, 0) is 31.9 Å². The Morgan fingerprint density at radius 2 is 1.49 bits per heavy atom. The third kappa shape index (κ3) is 7.29. The van der Waals surface area contributed by atoms with Gasteiger partial charge >= 0.3 is 18.4 Å². The predicted octanol–water partition coefficient (Wildman–Crippen LogP) is 3.93. The maximum Gasteiger partial charge on any atom is 0.416 e. The van der Waals surface area contributed by atoms with E-state index in [1.807, 2.05) is 0 Å². The molecule has 2 N–H and O–H groups in total. The van der Waals surface area contributed by atoms with Crippen molar-refractivity contribution >= 4 is 27.6 Å². The van der Waals surface area contributed by atoms with E-state index in [2.05, 4.69) is 10.6 Å². The number of hydrogen-bond acceptors (Lipinski definition) is 5. The maximum absolute atomic E-state index is 13.4. The largest absolute Gasteiger partial charge is 0.416 e. The zero-order chi connectivity index (χ0) is 30.0. The van der Waals surface area contributed by atoms with Crippen LogP contribution in [-0.4, -0.2) is 74.5 Å². The average molecular weight is 609 g/mol. The zero-order valence-electron chi connectivity index (χ0n) is 21.3. The number of ether oxygens (including phenoxy) is 1. The molecule has 0 aromatic heterocycles. The molecule has 224 valence electrons. The topological polar surface area (TPSA) is 108 Å². The summed E-state index contributed by atoms with van der Waals surface area (Å²) in [5.74, 6) is -0.747. The second-order valence-corrected chi connectivity index (χ2v) is 11.4. The smallest absolute Gasteiger partial charge is 0.376 e. The lowest BCUT2D eigenvalue weighted by Gasteiger charge is -2.39. The fourth-order valence-corrected chi connectivity index (χ4v) is 6.06. The van der Waals surface area contributed by atoms with Crippen LogP contribution in [0, 0.1) is 0 Å². The fraction of sp³-hybridized carbons (Fsp3) is 0.440. The van der Waals surface area contributed by atoms with Crippen LogP contribution >= 0.6 is 0 Å². The van der Waals surface area contributed by atoms with Crippen LogP contribution in [0.15, 0.2) is 53.4 Å². The van der Waals surface area contributed by atoms with Gasteiger partial charge in [0.2, 0.25) is 15.9 Å². The third-order valence-corrected chi connectivity index (χ3v) is 8.62. The number of carbonyl (C=O) groups is 2. The lowest BCUT2D eigenvalue weighted by molar-refractivity contribution is -0.138. The molecular weight excluding hydrogens is 582 g/mol. The van der Waals surface area contributed by atoms with Crippen LogP contribution in [0.25, 0.3) is 0 Å². The standard InChI is InChI=1S/C25H26F6N4O5S/c26-24(27,28)16-3-7-18(8-4-16)33-23(37)34-11-12-35(21(15-34)22(36)32-14-19-2-1-13-40-19)41(38,39)20-9-5-17(6-10-20)25(29,30)31/h3-10,19,21H,1-2,11-15H2,(H,32,36)(H,33,37). The van der Waals surface area contributed by atoms with E-state index >= 15 is 0 Å². The number of carbonyl (C=O) groups excluding carboxylic acids is 2. The highest BCUT2D eigenvalue weighted by molar-refractivity contribution is 7.89. The first-order valence-electron chi connectivity index (χ1n) is 12.5. The molecule has 2 unspecified atom stereocenters. The molecule has 2 atom stereocenters. The summed E-state index contributed by atoms with van der Waals surface area (Å²) < 4.78 is 111. The van der Waals surface area contributed by atoms with Crippen molar-refractivity contribution in [1.29, 1.82) is 0 Å². The molecule has 2 fully saturated rings. The van der Waals surface area contributed by atoms with E-state index in [0.29, 0.717) is 25.2 Å². The molecule has 2 heterocycles. The highest BCUT2D eigenvalue weighted by atomic mass is 32.2. The molecule has 9 nitrogen and oxygen atoms in total. The van der Waals surface area contributed by atoms with Crippen LogP contribution in [0.5, 0.6) is 0 Å². The Balaban J connectivity index is 1.53. The van der Waals surface area contributed by atoms with Gasteiger partial charge in [0.05, 0.1) is 22.1 Å². The van der Waals surface area contributed by atoms with Gasteiger partial charge in [0.15, 0.2) is 0 Å². The minimum Gasteiger partial charge on any atom is -0.376 e. The van der Waals surface area contributed by atoms with Crippen molar-refractivity contribution in [3.63, 3.8) is 0 Å². The lowest BCUT2D eigenvalue weighted by Crippen LogP contribution is -2.62. The Kier molecular flexibility index (Phi) is 8.84. The second-order valence-electron chi connectivity index (χ2n) is 9.49. The number of rotatable bonds is 6. The van der Waals surface area contributed by atoms with Gasteiger partial charge in [0.1, 0.15) is 6.04 Å². The number of alkyl halides is 6. The molecule has 0 bridgehead atoms. The number of nitrogens with zero attached hydrogens (tertiary/aromatic N) is 2. The van der Waals surface area contributed by atoms with Gasteiger partial charge in [-0.05, 0) is 61.4 Å². The van der Waals surface area contributed by atoms with Crippen LogP contribution in [0.1, 0.15) is 24.0 Å². The first-order valence-corrected chi connectivity index (χ1v) is 13.9. The average Bonchev–Trinajstić information content (AvgIpc) is 3.44. The summed E-state index contributed by atoms with van der Waals surface area (Å²) in [4.78, 5) is 26.8. The molecule has 0 spiro atoms. The van der Waals surface area contributed by atoms with Gasteiger partial charge < -0.3 is 20.3 Å². The Labute approximate surface area is 231 Å². The van der Waals surface area contributed by atoms with E-state index in [0.717, 1.165) is 52.0 Å². The van der Waals surface area contributed by atoms with E-state index in [9.17, 15) is 44.3 Å². The molecular formula is C25H26F6N4O5S. The third-order valence-electron chi connectivity index (χ3n) is 6.70. The number of halogens is 6. The first kappa shape index (κ1) is 30.6. The summed E-state index contributed by atoms with van der Waals surface area (Å²) in [6, 6.07) is 4.27. The van der Waals surface area contributed by atoms with E-state index in [1.165, 1.54) is 0 Å². The summed E-state index contributed by atoms with van der Waals surface area (Å²) in [6.45, 7) is -0.412. The van der Waals surface area contributed by atoms with Crippen molar-refractivity contribution in [2.24, 2.45) is 0 Å². The number of amides is 3. The molecule has 2 aromatic carbocycles. The molecule has 2 saturated heterocycles. The molecule has 16 heteroatoms. The number of nitrogens with one attached hydrogen (secondary N) is 2. The van der Waals surface area contributed by atoms with E-state index in [-0.39, 0.29) is 31.4 Å². The van der Waals surface area contributed by atoms with E-state index in [1.54, 1.807) is 0 Å². The van der Waals surface area contributed by atoms with Gasteiger partial charge in [-0.2, -0.15) is 30.6 Å². The van der Waals surface area contributed by atoms with Gasteiger partial charge in [-0.3, -0.25) is 4.79 Å². The van der Waals surface area contributed by atoms with Crippen LogP contribution in [0.4, 0.5) is 36.8 Å². The fourth-order valence-electron chi connectivity index (χ4n) is 4.49. The minimum atomic E-state index is -4.68. The Morgan fingerprint density at radius 1 is 0.902 bits per heavy atom. The monoisotopic (exact) mass is 608 g/mol. The number of piperazine rings is 1. The SMILES string of the molecule is O=C(NCC1CCCO1)C1CN(C(=O)Nc2ccc(C(F)(F)F)cc2)CCN1S(=O)(=O)c1ccc(C(F)(F)F)cc1. The minimum absolute atomic E-state index is 0.0437. The normalized spacial score (nSPS) is 20.6. The van der Waals surface area contributed by atoms with Gasteiger partial charge in [0, 0.05) is 38.5 Å². The summed E-state index contributed by atoms with van der Waals surface area (Å²) >= 11 is 0. The molecule has 4 rings (SSSR count). The number of hydrogen-bond donors (Lipinski definition) is 2. The molecule has 2 aliphatic rings. The summed E-state index contributed by atoms with van der Waals surface area (Å²) in [6.07, 6.45) is -8.06. The van der Waals surface area contributed by atoms with Crippen LogP contribution in [0.3, 0.4) is 0 Å². The summed E-state index contributed by atoms with van der Waals surface area (Å²) in [5, 5.41) is 5.05. The second kappa shape index (κ2) is 11.9. The summed E-state index contributed by atoms with van der Waals surface area (Å²) in [5.41, 5.74) is -1.92. The molecule has 3 amide bonds. The Bertz CT molecular complexity index is 1340. The van der Waals surface area contributed by atoms with Crippen molar-refractivity contribution in [1.82, 2.24) is 14.5 Å². The Morgan fingerprint density at radius 3 is 2.02 bits per heavy atom. The van der Waals surface area contributed by atoms with E-state index < -0.39 is 62.9 Å². The molecule has 0 radical (unpaired) electrons. The Hall–Kier alpha value is -3.37. The van der Waals surface area contributed by atoms with Gasteiger partial charge in [0.25, 0.3) is 0 Å². The number of anilines is 1. The maximum atomic E-state index is 13.4. The van der Waals surface area contributed by atoms with Gasteiger partial charge in [-0.25, -0.2) is 13.2 Å². The van der Waals surface area contributed by atoms with Gasteiger partial charge in [-0.15, -0.1) is 0 Å².